The van der Waals surface area contributed by atoms with Gasteiger partial charge < -0.3 is 10.3 Å². The van der Waals surface area contributed by atoms with Crippen molar-refractivity contribution in [1.82, 2.24) is 5.16 Å². The molecule has 3 rings (SSSR count). The van der Waals surface area contributed by atoms with Gasteiger partial charge >= 0.3 is 0 Å². The third-order valence-electron chi connectivity index (χ3n) is 3.23. The second-order valence-corrected chi connectivity index (χ2v) is 5.59. The van der Waals surface area contributed by atoms with Crippen molar-refractivity contribution in [2.45, 2.75) is 6.92 Å². The van der Waals surface area contributed by atoms with Crippen molar-refractivity contribution < 1.29 is 8.91 Å². The Morgan fingerprint density at radius 1 is 1.14 bits per heavy atom. The van der Waals surface area contributed by atoms with Crippen molar-refractivity contribution in [2.24, 2.45) is 0 Å². The van der Waals surface area contributed by atoms with E-state index in [4.69, 9.17) is 10.3 Å². The van der Waals surface area contributed by atoms with Crippen molar-refractivity contribution in [3.8, 4) is 22.5 Å². The highest BCUT2D eigenvalue weighted by molar-refractivity contribution is 9.10. The molecule has 2 N–H and O–H groups in total. The fraction of sp³-hybridized carbons (Fsp3) is 0.0625. The van der Waals surface area contributed by atoms with Gasteiger partial charge in [0.15, 0.2) is 11.6 Å². The zero-order valence-corrected chi connectivity index (χ0v) is 12.8. The summed E-state index contributed by atoms with van der Waals surface area (Å²) in [7, 11) is 0. The molecule has 1 aromatic heterocycles. The first-order valence-corrected chi connectivity index (χ1v) is 7.14. The number of benzene rings is 2. The predicted octanol–water partition coefficient (Wildman–Crippen LogP) is 4.80. The summed E-state index contributed by atoms with van der Waals surface area (Å²) in [6, 6.07) is 12.5. The molecule has 0 atom stereocenters. The van der Waals surface area contributed by atoms with E-state index in [1.54, 1.807) is 6.07 Å². The van der Waals surface area contributed by atoms with E-state index in [0.29, 0.717) is 16.9 Å². The average molecular weight is 347 g/mol. The van der Waals surface area contributed by atoms with Crippen LogP contribution in [0.1, 0.15) is 5.56 Å². The minimum absolute atomic E-state index is 0.233. The van der Waals surface area contributed by atoms with Crippen LogP contribution in [0.5, 0.6) is 0 Å². The van der Waals surface area contributed by atoms with E-state index < -0.39 is 0 Å². The molecule has 0 aliphatic rings. The number of aromatic nitrogens is 1. The molecule has 106 valence electrons. The van der Waals surface area contributed by atoms with Crippen LogP contribution in [0, 0.1) is 12.7 Å². The van der Waals surface area contributed by atoms with E-state index >= 15 is 0 Å². The van der Waals surface area contributed by atoms with Crippen molar-refractivity contribution in [3.63, 3.8) is 0 Å². The van der Waals surface area contributed by atoms with E-state index in [0.717, 1.165) is 15.6 Å². The third kappa shape index (κ3) is 2.45. The number of halogens is 2. The lowest BCUT2D eigenvalue weighted by Crippen LogP contribution is -1.91. The maximum Gasteiger partial charge on any atom is 0.179 e. The molecule has 5 heteroatoms. The molecular formula is C16H12BrFN2O. The molecule has 0 aliphatic heterocycles. The van der Waals surface area contributed by atoms with Crippen LogP contribution in [-0.2, 0) is 0 Å². The number of hydrogen-bond donors (Lipinski definition) is 1. The van der Waals surface area contributed by atoms with Gasteiger partial charge in [0.25, 0.3) is 0 Å². The van der Waals surface area contributed by atoms with Crippen molar-refractivity contribution in [2.75, 3.05) is 5.73 Å². The highest BCUT2D eigenvalue weighted by Crippen LogP contribution is 2.40. The first-order valence-electron chi connectivity index (χ1n) is 6.34. The van der Waals surface area contributed by atoms with Crippen LogP contribution in [0.2, 0.25) is 0 Å². The molecule has 0 bridgehead atoms. The minimum Gasteiger partial charge on any atom is -0.380 e. The quantitative estimate of drug-likeness (QED) is 0.724. The predicted molar refractivity (Wildman–Crippen MR) is 84.2 cm³/mol. The Balaban J connectivity index is 2.25. The monoisotopic (exact) mass is 346 g/mol. The smallest absolute Gasteiger partial charge is 0.179 e. The largest absolute Gasteiger partial charge is 0.380 e. The number of nitrogens with two attached hydrogens (primary N) is 1. The van der Waals surface area contributed by atoms with Crippen LogP contribution >= 0.6 is 15.9 Å². The highest BCUT2D eigenvalue weighted by Gasteiger charge is 2.21. The van der Waals surface area contributed by atoms with Crippen LogP contribution < -0.4 is 5.73 Å². The lowest BCUT2D eigenvalue weighted by Gasteiger charge is -2.06. The van der Waals surface area contributed by atoms with Crippen LogP contribution in [0.3, 0.4) is 0 Å². The van der Waals surface area contributed by atoms with Gasteiger partial charge in [0.05, 0.1) is 11.1 Å². The Morgan fingerprint density at radius 3 is 2.62 bits per heavy atom. The zero-order valence-electron chi connectivity index (χ0n) is 11.2. The fourth-order valence-electron chi connectivity index (χ4n) is 2.21. The summed E-state index contributed by atoms with van der Waals surface area (Å²) in [5.74, 6) is 0.202. The van der Waals surface area contributed by atoms with Gasteiger partial charge in [-0.25, -0.2) is 4.39 Å². The van der Waals surface area contributed by atoms with Gasteiger partial charge in [0, 0.05) is 10.0 Å². The molecule has 0 radical (unpaired) electrons. The van der Waals surface area contributed by atoms with Crippen LogP contribution in [0.15, 0.2) is 51.5 Å². The van der Waals surface area contributed by atoms with E-state index in [1.165, 1.54) is 6.07 Å². The number of rotatable bonds is 2. The first kappa shape index (κ1) is 13.8. The summed E-state index contributed by atoms with van der Waals surface area (Å²) in [5.41, 5.74) is 8.49. The summed E-state index contributed by atoms with van der Waals surface area (Å²) < 4.78 is 20.3. The second kappa shape index (κ2) is 5.33. The normalized spacial score (nSPS) is 10.8. The molecule has 3 aromatic rings. The molecule has 0 aliphatic carbocycles. The Morgan fingerprint density at radius 2 is 1.90 bits per heavy atom. The van der Waals surface area contributed by atoms with Crippen molar-refractivity contribution in [1.29, 1.82) is 0 Å². The third-order valence-corrected chi connectivity index (χ3v) is 3.92. The summed E-state index contributed by atoms with van der Waals surface area (Å²) in [5, 5.41) is 3.79. The molecule has 0 amide bonds. The van der Waals surface area contributed by atoms with Gasteiger partial charge in [0.2, 0.25) is 0 Å². The summed E-state index contributed by atoms with van der Waals surface area (Å²) in [6.07, 6.45) is 0. The molecule has 3 nitrogen and oxygen atoms in total. The molecule has 0 saturated heterocycles. The average Bonchev–Trinajstić information content (AvgIpc) is 2.81. The molecule has 1 heterocycles. The Bertz CT molecular complexity index is 814. The summed E-state index contributed by atoms with van der Waals surface area (Å²) in [4.78, 5) is 0. The number of nitrogen functional groups attached to an aromatic ring is 1. The Hall–Kier alpha value is -2.14. The number of hydrogen-bond acceptors (Lipinski definition) is 3. The van der Waals surface area contributed by atoms with Gasteiger partial charge in [-0.05, 0) is 30.7 Å². The minimum atomic E-state index is -0.362. The number of aryl methyl sites for hydroxylation is 1. The van der Waals surface area contributed by atoms with E-state index in [2.05, 4.69) is 21.1 Å². The molecule has 0 saturated carbocycles. The van der Waals surface area contributed by atoms with Crippen LogP contribution in [-0.4, -0.2) is 5.16 Å². The summed E-state index contributed by atoms with van der Waals surface area (Å²) >= 11 is 3.47. The lowest BCUT2D eigenvalue weighted by atomic mass is 10.0. The standard InChI is InChI=1S/C16H12BrFN2O/c1-9-6-7-11(13(18)8-9)15-14(16(19)20-21-15)10-4-2-3-5-12(10)17/h2-8H,1H3,(H2,19,20). The molecule has 0 unspecified atom stereocenters. The second-order valence-electron chi connectivity index (χ2n) is 4.74. The highest BCUT2D eigenvalue weighted by atomic mass is 79.9. The fourth-order valence-corrected chi connectivity index (χ4v) is 2.70. The van der Waals surface area contributed by atoms with Crippen molar-refractivity contribution in [3.05, 3.63) is 58.3 Å². The molecule has 21 heavy (non-hydrogen) atoms. The van der Waals surface area contributed by atoms with Gasteiger partial charge in [-0.1, -0.05) is 45.4 Å². The Kier molecular flexibility index (Phi) is 3.51. The van der Waals surface area contributed by atoms with Gasteiger partial charge in [-0.15, -0.1) is 0 Å². The Labute approximate surface area is 129 Å². The lowest BCUT2D eigenvalue weighted by molar-refractivity contribution is 0.433. The molecular weight excluding hydrogens is 335 g/mol. The van der Waals surface area contributed by atoms with Gasteiger partial charge in [-0.2, -0.15) is 0 Å². The van der Waals surface area contributed by atoms with Gasteiger partial charge in [0.1, 0.15) is 5.82 Å². The van der Waals surface area contributed by atoms with E-state index in [-0.39, 0.29) is 11.6 Å². The molecule has 0 spiro atoms. The maximum absolute atomic E-state index is 14.2. The number of anilines is 1. The van der Waals surface area contributed by atoms with E-state index in [9.17, 15) is 4.39 Å². The SMILES string of the molecule is Cc1ccc(-c2onc(N)c2-c2ccccc2Br)c(F)c1. The molecule has 0 fully saturated rings. The van der Waals surface area contributed by atoms with Crippen molar-refractivity contribution >= 4 is 21.7 Å². The van der Waals surface area contributed by atoms with Gasteiger partial charge in [-0.3, -0.25) is 0 Å². The maximum atomic E-state index is 14.2. The zero-order chi connectivity index (χ0) is 15.0. The molecule has 2 aromatic carbocycles. The van der Waals surface area contributed by atoms with Crippen LogP contribution in [0.4, 0.5) is 10.2 Å². The summed E-state index contributed by atoms with van der Waals surface area (Å²) in [6.45, 7) is 1.83. The first-order chi connectivity index (χ1) is 10.1. The number of nitrogens with zero attached hydrogens (tertiary/aromatic N) is 1. The topological polar surface area (TPSA) is 52.0 Å². The van der Waals surface area contributed by atoms with Crippen LogP contribution in [0.25, 0.3) is 22.5 Å². The van der Waals surface area contributed by atoms with E-state index in [1.807, 2.05) is 37.3 Å².